The van der Waals surface area contributed by atoms with Crippen LogP contribution >= 0.6 is 0 Å². The van der Waals surface area contributed by atoms with E-state index in [2.05, 4.69) is 110 Å². The van der Waals surface area contributed by atoms with E-state index < -0.39 is 12.1 Å². The second kappa shape index (κ2) is 41.5. The lowest BCUT2D eigenvalue weighted by Crippen LogP contribution is -2.45. The summed E-state index contributed by atoms with van der Waals surface area (Å²) < 4.78 is 0. The van der Waals surface area contributed by atoms with Crippen molar-refractivity contribution in [2.24, 2.45) is 0 Å². The Hall–Kier alpha value is -2.95. The molecule has 0 rings (SSSR count). The molecular weight excluding hydrogens is 627 g/mol. The van der Waals surface area contributed by atoms with Crippen molar-refractivity contribution in [3.8, 4) is 0 Å². The zero-order valence-corrected chi connectivity index (χ0v) is 32.8. The zero-order valence-electron chi connectivity index (χ0n) is 32.8. The summed E-state index contributed by atoms with van der Waals surface area (Å²) in [6, 6.07) is -0.693. The Morgan fingerprint density at radius 1 is 0.490 bits per heavy atom. The summed E-state index contributed by atoms with van der Waals surface area (Å²) in [5.74, 6) is -0.165. The van der Waals surface area contributed by atoms with Crippen molar-refractivity contribution < 1.29 is 15.0 Å². The first-order chi connectivity index (χ1) is 25.2. The van der Waals surface area contributed by atoms with Crippen LogP contribution in [0.25, 0.3) is 0 Å². The van der Waals surface area contributed by atoms with Crippen LogP contribution in [0.1, 0.15) is 162 Å². The highest BCUT2D eigenvalue weighted by atomic mass is 16.3. The molecule has 288 valence electrons. The molecule has 0 fully saturated rings. The molecule has 0 saturated carbocycles. The lowest BCUT2D eigenvalue weighted by atomic mass is 10.1. The highest BCUT2D eigenvalue weighted by molar-refractivity contribution is 5.76. The Morgan fingerprint density at radius 3 is 1.35 bits per heavy atom. The molecule has 1 amide bonds. The summed E-state index contributed by atoms with van der Waals surface area (Å²) in [6.07, 6.45) is 63.4. The van der Waals surface area contributed by atoms with Crippen LogP contribution in [0.5, 0.6) is 0 Å². The topological polar surface area (TPSA) is 69.6 Å². The van der Waals surface area contributed by atoms with Gasteiger partial charge in [-0.05, 0) is 83.5 Å². The van der Waals surface area contributed by atoms with Crippen LogP contribution in [-0.4, -0.2) is 34.9 Å². The number of amides is 1. The molecule has 2 atom stereocenters. The molecule has 51 heavy (non-hydrogen) atoms. The molecule has 0 aliphatic rings. The van der Waals surface area contributed by atoms with Gasteiger partial charge in [0.15, 0.2) is 0 Å². The molecular formula is C47H77NO3. The van der Waals surface area contributed by atoms with Gasteiger partial charge in [0.05, 0.1) is 18.8 Å². The number of carbonyl (C=O) groups is 1. The monoisotopic (exact) mass is 704 g/mol. The van der Waals surface area contributed by atoms with Crippen molar-refractivity contribution in [3.63, 3.8) is 0 Å². The van der Waals surface area contributed by atoms with Gasteiger partial charge in [-0.1, -0.05) is 181 Å². The number of carbonyl (C=O) groups excluding carboxylic acids is 1. The number of nitrogens with one attached hydrogen (secondary N) is 1. The molecule has 0 spiro atoms. The third-order valence-corrected chi connectivity index (χ3v) is 8.48. The number of unbranched alkanes of at least 4 members (excludes halogenated alkanes) is 12. The largest absolute Gasteiger partial charge is 0.394 e. The molecule has 0 aromatic rings. The van der Waals surface area contributed by atoms with Gasteiger partial charge in [-0.15, -0.1) is 0 Å². The van der Waals surface area contributed by atoms with E-state index in [9.17, 15) is 15.0 Å². The molecule has 0 aromatic heterocycles. The van der Waals surface area contributed by atoms with E-state index in [4.69, 9.17) is 0 Å². The Balaban J connectivity index is 3.85. The molecule has 0 aliphatic carbocycles. The third kappa shape index (κ3) is 38.1. The maximum Gasteiger partial charge on any atom is 0.220 e. The molecule has 4 heteroatoms. The van der Waals surface area contributed by atoms with E-state index >= 15 is 0 Å². The number of rotatable bonds is 35. The van der Waals surface area contributed by atoms with Crippen LogP contribution in [0, 0.1) is 0 Å². The lowest BCUT2D eigenvalue weighted by Gasteiger charge is -2.19. The van der Waals surface area contributed by atoms with Crippen molar-refractivity contribution in [2.45, 2.75) is 174 Å². The molecule has 0 aromatic carbocycles. The summed E-state index contributed by atoms with van der Waals surface area (Å²) in [7, 11) is 0. The first-order valence-corrected chi connectivity index (χ1v) is 20.6. The van der Waals surface area contributed by atoms with Crippen molar-refractivity contribution in [3.05, 3.63) is 109 Å². The number of aliphatic hydroxyl groups is 2. The lowest BCUT2D eigenvalue weighted by molar-refractivity contribution is -0.122. The van der Waals surface area contributed by atoms with Crippen LogP contribution in [0.15, 0.2) is 109 Å². The van der Waals surface area contributed by atoms with E-state index in [1.165, 1.54) is 70.6 Å². The minimum atomic E-state index is -0.908. The van der Waals surface area contributed by atoms with Crippen LogP contribution in [-0.2, 0) is 4.79 Å². The fourth-order valence-corrected chi connectivity index (χ4v) is 5.35. The van der Waals surface area contributed by atoms with Gasteiger partial charge >= 0.3 is 0 Å². The van der Waals surface area contributed by atoms with Gasteiger partial charge in [0, 0.05) is 6.42 Å². The number of hydrogen-bond donors (Lipinski definition) is 3. The number of aliphatic hydroxyl groups excluding tert-OH is 2. The minimum absolute atomic E-state index is 0.165. The Morgan fingerprint density at radius 2 is 0.882 bits per heavy atom. The van der Waals surface area contributed by atoms with Crippen molar-refractivity contribution >= 4 is 5.91 Å². The van der Waals surface area contributed by atoms with Crippen LogP contribution in [0.4, 0.5) is 0 Å². The van der Waals surface area contributed by atoms with Crippen LogP contribution < -0.4 is 5.32 Å². The molecule has 3 N–H and O–H groups in total. The van der Waals surface area contributed by atoms with Gasteiger partial charge in [-0.2, -0.15) is 0 Å². The Labute approximate surface area is 315 Å². The van der Waals surface area contributed by atoms with Crippen molar-refractivity contribution in [2.75, 3.05) is 6.61 Å². The highest BCUT2D eigenvalue weighted by Gasteiger charge is 2.17. The van der Waals surface area contributed by atoms with Gasteiger partial charge in [0.2, 0.25) is 5.91 Å². The average molecular weight is 704 g/mol. The second-order valence-electron chi connectivity index (χ2n) is 13.3. The van der Waals surface area contributed by atoms with Gasteiger partial charge in [0.1, 0.15) is 0 Å². The predicted molar refractivity (Wildman–Crippen MR) is 225 cm³/mol. The SMILES string of the molecule is CC/C=C\C/C=C\C/C=C\C/C=C\C/C=C\C/C=C\CCC(=O)NC(CO)C(O)/C=C/CC/C=C/CC/C=C/CCCCCCCCCCCC. The van der Waals surface area contributed by atoms with E-state index in [0.29, 0.717) is 12.8 Å². The fourth-order valence-electron chi connectivity index (χ4n) is 5.35. The van der Waals surface area contributed by atoms with Gasteiger partial charge in [-0.3, -0.25) is 4.79 Å². The normalized spacial score (nSPS) is 14.2. The van der Waals surface area contributed by atoms with E-state index in [1.807, 2.05) is 12.2 Å². The molecule has 2 unspecified atom stereocenters. The second-order valence-corrected chi connectivity index (χ2v) is 13.3. The standard InChI is InChI=1S/C47H77NO3/c1-3-5-7-9-11-13-15-17-19-21-23-25-26-28-30-32-34-36-38-40-42-46(50)45(44-49)48-47(51)43-41-39-37-35-33-31-29-27-24-22-20-18-16-14-12-10-8-6-4-2/h6,8,12,14,18,20,24-27,31-34,37,39-40,42,45-46,49-50H,3-5,7,9-11,13,15-17,19,21-23,28-30,35-36,38,41,43-44H2,1-2H3,(H,48,51)/b8-6-,14-12-,20-18-,26-25+,27-24-,33-31-,34-32+,39-37-,42-40+. The Bertz CT molecular complexity index is 1030. The average Bonchev–Trinajstić information content (AvgIpc) is 3.13. The summed E-state index contributed by atoms with van der Waals surface area (Å²) in [6.45, 7) is 4.12. The maximum atomic E-state index is 12.3. The molecule has 0 bridgehead atoms. The summed E-state index contributed by atoms with van der Waals surface area (Å²) in [5, 5.41) is 22.9. The molecule has 0 aliphatic heterocycles. The quantitative estimate of drug-likeness (QED) is 0.0454. The molecule has 0 radical (unpaired) electrons. The minimum Gasteiger partial charge on any atom is -0.394 e. The molecule has 0 heterocycles. The van der Waals surface area contributed by atoms with E-state index in [-0.39, 0.29) is 12.5 Å². The van der Waals surface area contributed by atoms with Crippen LogP contribution in [0.2, 0.25) is 0 Å². The summed E-state index contributed by atoms with van der Waals surface area (Å²) >= 11 is 0. The zero-order chi connectivity index (χ0) is 37.1. The molecule has 0 saturated heterocycles. The van der Waals surface area contributed by atoms with Crippen molar-refractivity contribution in [1.29, 1.82) is 0 Å². The van der Waals surface area contributed by atoms with E-state index in [0.717, 1.165) is 64.2 Å². The smallest absolute Gasteiger partial charge is 0.220 e. The van der Waals surface area contributed by atoms with Gasteiger partial charge < -0.3 is 15.5 Å². The fraction of sp³-hybridized carbons (Fsp3) is 0.596. The number of allylic oxidation sites excluding steroid dienone is 17. The third-order valence-electron chi connectivity index (χ3n) is 8.48. The Kier molecular flexibility index (Phi) is 39.1. The van der Waals surface area contributed by atoms with Gasteiger partial charge in [0.25, 0.3) is 0 Å². The number of hydrogen-bond acceptors (Lipinski definition) is 3. The highest BCUT2D eigenvalue weighted by Crippen LogP contribution is 2.12. The predicted octanol–water partition coefficient (Wildman–Crippen LogP) is 12.8. The first-order valence-electron chi connectivity index (χ1n) is 20.6. The summed E-state index contributed by atoms with van der Waals surface area (Å²) in [5.41, 5.74) is 0. The van der Waals surface area contributed by atoms with Crippen molar-refractivity contribution in [1.82, 2.24) is 5.32 Å². The van der Waals surface area contributed by atoms with Crippen LogP contribution in [0.3, 0.4) is 0 Å². The van der Waals surface area contributed by atoms with E-state index in [1.54, 1.807) is 6.08 Å². The first kappa shape index (κ1) is 48.1. The molecule has 4 nitrogen and oxygen atoms in total. The summed E-state index contributed by atoms with van der Waals surface area (Å²) in [4.78, 5) is 12.3. The maximum absolute atomic E-state index is 12.3. The van der Waals surface area contributed by atoms with Gasteiger partial charge in [-0.25, -0.2) is 0 Å².